The largest absolute Gasteiger partial charge is 0.368 e. The fourth-order valence-corrected chi connectivity index (χ4v) is 4.99. The van der Waals surface area contributed by atoms with E-state index in [-0.39, 0.29) is 5.69 Å². The first-order valence-corrected chi connectivity index (χ1v) is 12.6. The van der Waals surface area contributed by atoms with Crippen LogP contribution in [0.5, 0.6) is 0 Å². The van der Waals surface area contributed by atoms with Gasteiger partial charge in [-0.1, -0.05) is 55.3 Å². The van der Waals surface area contributed by atoms with Gasteiger partial charge in [0.15, 0.2) is 0 Å². The van der Waals surface area contributed by atoms with Crippen molar-refractivity contribution in [3.63, 3.8) is 0 Å². The molecule has 36 heavy (non-hydrogen) atoms. The number of aryl methyl sites for hydroxylation is 2. The van der Waals surface area contributed by atoms with E-state index in [1.54, 1.807) is 4.57 Å². The number of benzene rings is 1. The van der Waals surface area contributed by atoms with Gasteiger partial charge in [0.05, 0.1) is 10.4 Å². The highest BCUT2D eigenvalue weighted by Gasteiger charge is 2.32. The van der Waals surface area contributed by atoms with E-state index in [2.05, 4.69) is 57.1 Å². The van der Waals surface area contributed by atoms with Crippen LogP contribution in [0, 0.1) is 0 Å². The maximum absolute atomic E-state index is 13.9. The van der Waals surface area contributed by atoms with Crippen LogP contribution in [-0.2, 0) is 24.9 Å². The molecule has 0 atom stereocenters. The zero-order valence-corrected chi connectivity index (χ0v) is 21.1. The second-order valence-electron chi connectivity index (χ2n) is 8.93. The van der Waals surface area contributed by atoms with Crippen LogP contribution in [0.15, 0.2) is 72.1 Å². The minimum atomic E-state index is -0.557. The number of hydrogen-bond acceptors (Lipinski definition) is 5. The van der Waals surface area contributed by atoms with Crippen LogP contribution in [0.25, 0.3) is 17.2 Å². The summed E-state index contributed by atoms with van der Waals surface area (Å²) in [4.78, 5) is 13.9. The molecule has 0 unspecified atom stereocenters. The molecule has 10 heteroatoms. The summed E-state index contributed by atoms with van der Waals surface area (Å²) in [5.74, 6) is 1.22. The van der Waals surface area contributed by atoms with Gasteiger partial charge in [-0.05, 0) is 55.1 Å². The molecule has 1 aliphatic heterocycles. The number of allylic oxidation sites excluding steroid dienone is 2. The van der Waals surface area contributed by atoms with Gasteiger partial charge in [-0.15, -0.1) is 10.2 Å². The van der Waals surface area contributed by atoms with Crippen molar-refractivity contribution in [3.8, 4) is 17.2 Å². The lowest BCUT2D eigenvalue weighted by atomic mass is 9.78. The predicted molar refractivity (Wildman–Crippen MR) is 140 cm³/mol. The average molecular weight is 505 g/mol. The first-order valence-electron chi connectivity index (χ1n) is 12.2. The molecule has 186 valence electrons. The number of unbranched alkanes of at least 4 members (excludes halogenated alkanes) is 1. The highest BCUT2D eigenvalue weighted by atomic mass is 35.5. The zero-order valence-electron chi connectivity index (χ0n) is 20.4. The third kappa shape index (κ3) is 4.30. The molecule has 3 aromatic heterocycles. The highest BCUT2D eigenvalue weighted by molar-refractivity contribution is 6.32. The van der Waals surface area contributed by atoms with Crippen LogP contribution in [0.3, 0.4) is 0 Å². The molecule has 4 aromatic rings. The Morgan fingerprint density at radius 1 is 1.14 bits per heavy atom. The van der Waals surface area contributed by atoms with Crippen LogP contribution >= 0.6 is 11.6 Å². The lowest BCUT2D eigenvalue weighted by Gasteiger charge is -2.31. The first-order chi connectivity index (χ1) is 17.6. The fraction of sp³-hybridized carbons (Fsp3) is 0.308. The van der Waals surface area contributed by atoms with Crippen LogP contribution in [0.4, 0.5) is 0 Å². The number of hydrogen-bond donors (Lipinski definition) is 2. The molecule has 0 amide bonds. The van der Waals surface area contributed by atoms with Gasteiger partial charge in [0.1, 0.15) is 5.82 Å². The zero-order chi connectivity index (χ0) is 25.1. The third-order valence-corrected chi connectivity index (χ3v) is 6.98. The first kappa shape index (κ1) is 23.9. The molecule has 0 saturated carbocycles. The van der Waals surface area contributed by atoms with E-state index >= 15 is 0 Å². The number of nitrogens with zero attached hydrogens (tertiary/aromatic N) is 6. The monoisotopic (exact) mass is 504 g/mol. The number of H-pyrrole nitrogens is 1. The fourth-order valence-electron chi connectivity index (χ4n) is 4.74. The molecular weight excluding hydrogens is 476 g/mol. The molecule has 4 heterocycles. The number of tetrazole rings is 1. The summed E-state index contributed by atoms with van der Waals surface area (Å²) in [6, 6.07) is 9.88. The summed E-state index contributed by atoms with van der Waals surface area (Å²) in [6.07, 6.45) is 14.7. The second kappa shape index (κ2) is 10.0. The van der Waals surface area contributed by atoms with Gasteiger partial charge >= 0.3 is 5.69 Å². The normalized spacial score (nSPS) is 14.3. The van der Waals surface area contributed by atoms with Gasteiger partial charge in [0.2, 0.25) is 5.82 Å². The minimum absolute atomic E-state index is 0.106. The van der Waals surface area contributed by atoms with Crippen molar-refractivity contribution in [3.05, 3.63) is 94.0 Å². The Hall–Kier alpha value is -3.85. The molecular formula is C26H29ClN8O. The number of rotatable bonds is 9. The molecule has 9 nitrogen and oxygen atoms in total. The molecule has 1 aromatic carbocycles. The summed E-state index contributed by atoms with van der Waals surface area (Å²) in [7, 11) is 0. The summed E-state index contributed by atoms with van der Waals surface area (Å²) < 4.78 is 5.57. The van der Waals surface area contributed by atoms with E-state index in [1.807, 2.05) is 59.1 Å². The van der Waals surface area contributed by atoms with Crippen LogP contribution < -0.4 is 11.0 Å². The molecule has 0 fully saturated rings. The Morgan fingerprint density at radius 2 is 1.97 bits per heavy atom. The molecule has 2 N–H and O–H groups in total. The van der Waals surface area contributed by atoms with Crippen molar-refractivity contribution in [2.45, 2.75) is 51.6 Å². The Kier molecular flexibility index (Phi) is 6.65. The maximum atomic E-state index is 13.9. The van der Waals surface area contributed by atoms with Gasteiger partial charge in [-0.2, -0.15) is 5.21 Å². The van der Waals surface area contributed by atoms with E-state index in [0.717, 1.165) is 36.1 Å². The number of aromatic nitrogens is 7. The molecule has 5 rings (SSSR count). The third-order valence-electron chi connectivity index (χ3n) is 6.68. The number of imidazole rings is 1. The van der Waals surface area contributed by atoms with Crippen LogP contribution in [-0.4, -0.2) is 34.3 Å². The van der Waals surface area contributed by atoms with Crippen molar-refractivity contribution in [1.82, 2.24) is 39.6 Å². The van der Waals surface area contributed by atoms with Gasteiger partial charge in [-0.3, -0.25) is 9.13 Å². The van der Waals surface area contributed by atoms with E-state index in [9.17, 15) is 4.79 Å². The highest BCUT2D eigenvalue weighted by Crippen LogP contribution is 2.34. The van der Waals surface area contributed by atoms with Crippen LogP contribution in [0.1, 0.15) is 37.9 Å². The molecule has 0 radical (unpaired) electrons. The van der Waals surface area contributed by atoms with Gasteiger partial charge in [0, 0.05) is 36.7 Å². The SMILES string of the molecule is CCCCc1cn(-c2c(Cl)ccn2CC)c(=O)n1CC1(c2cccc(-c3nn[nH]n3)c2)C=CNC=C1. The summed E-state index contributed by atoms with van der Waals surface area (Å²) in [5.41, 5.74) is 2.19. The number of nitrogens with one attached hydrogen (secondary N) is 2. The van der Waals surface area contributed by atoms with Gasteiger partial charge < -0.3 is 9.88 Å². The standard InChI is InChI=1S/C26H29ClN8O/c1-3-5-9-21-17-34(24-22(27)10-15-33(24)4-2)25(36)35(21)18-26(11-13-28-14-12-26)20-8-6-7-19(16-20)23-29-31-32-30-23/h6-8,10-17,28H,3-5,9,18H2,1-2H3,(H,29,30,31,32). The second-order valence-corrected chi connectivity index (χ2v) is 9.33. The molecule has 0 saturated heterocycles. The lowest BCUT2D eigenvalue weighted by molar-refractivity contribution is 0.495. The molecule has 1 aliphatic rings. The van der Waals surface area contributed by atoms with Gasteiger partial charge in [0.25, 0.3) is 0 Å². The van der Waals surface area contributed by atoms with E-state index in [1.165, 1.54) is 0 Å². The van der Waals surface area contributed by atoms with E-state index < -0.39 is 5.41 Å². The van der Waals surface area contributed by atoms with E-state index in [0.29, 0.717) is 29.8 Å². The molecule has 0 spiro atoms. The number of aromatic amines is 1. The lowest BCUT2D eigenvalue weighted by Crippen LogP contribution is -2.36. The van der Waals surface area contributed by atoms with Crippen molar-refractivity contribution in [2.24, 2.45) is 0 Å². The quantitative estimate of drug-likeness (QED) is 0.356. The number of halogens is 1. The topological polar surface area (TPSA) is 98.4 Å². The Labute approximate surface area is 214 Å². The summed E-state index contributed by atoms with van der Waals surface area (Å²) in [5, 5.41) is 18.2. The minimum Gasteiger partial charge on any atom is -0.368 e. The average Bonchev–Trinajstić information content (AvgIpc) is 3.64. The smallest absolute Gasteiger partial charge is 0.334 e. The summed E-state index contributed by atoms with van der Waals surface area (Å²) >= 11 is 6.54. The van der Waals surface area contributed by atoms with Crippen molar-refractivity contribution < 1.29 is 0 Å². The van der Waals surface area contributed by atoms with E-state index in [4.69, 9.17) is 11.6 Å². The molecule has 0 bridgehead atoms. The summed E-state index contributed by atoms with van der Waals surface area (Å²) in [6.45, 7) is 5.35. The maximum Gasteiger partial charge on any atom is 0.334 e. The van der Waals surface area contributed by atoms with Gasteiger partial charge in [-0.25, -0.2) is 4.79 Å². The van der Waals surface area contributed by atoms with Crippen molar-refractivity contribution in [1.29, 1.82) is 0 Å². The molecule has 0 aliphatic carbocycles. The Balaban J connectivity index is 1.63. The van der Waals surface area contributed by atoms with Crippen molar-refractivity contribution >= 4 is 11.6 Å². The Bertz CT molecular complexity index is 1450. The Morgan fingerprint density at radius 3 is 2.69 bits per heavy atom. The predicted octanol–water partition coefficient (Wildman–Crippen LogP) is 4.21. The van der Waals surface area contributed by atoms with Crippen molar-refractivity contribution in [2.75, 3.05) is 0 Å². The van der Waals surface area contributed by atoms with Crippen LogP contribution in [0.2, 0.25) is 5.02 Å². The number of dihydropyridines is 1.